The molecular formula is C14H18BrF2NO2S. The fourth-order valence-electron chi connectivity index (χ4n) is 2.52. The summed E-state index contributed by atoms with van der Waals surface area (Å²) in [4.78, 5) is -0.482. The van der Waals surface area contributed by atoms with E-state index in [1.54, 1.807) is 0 Å². The van der Waals surface area contributed by atoms with Gasteiger partial charge < -0.3 is 0 Å². The zero-order valence-corrected chi connectivity index (χ0v) is 14.4. The average Bonchev–Trinajstić information content (AvgIpc) is 2.37. The molecule has 21 heavy (non-hydrogen) atoms. The predicted molar refractivity (Wildman–Crippen MR) is 80.4 cm³/mol. The first kappa shape index (κ1) is 16.8. The van der Waals surface area contributed by atoms with Crippen molar-refractivity contribution in [3.05, 3.63) is 28.2 Å². The number of nitrogens with zero attached hydrogens (tertiary/aromatic N) is 1. The van der Waals surface area contributed by atoms with E-state index in [0.717, 1.165) is 25.3 Å². The summed E-state index contributed by atoms with van der Waals surface area (Å²) in [5, 5.41) is 0. The Labute approximate surface area is 132 Å². The van der Waals surface area contributed by atoms with Gasteiger partial charge in [-0.1, -0.05) is 20.3 Å². The molecule has 7 heteroatoms. The van der Waals surface area contributed by atoms with Crippen LogP contribution in [0.2, 0.25) is 0 Å². The van der Waals surface area contributed by atoms with Crippen molar-refractivity contribution in [2.24, 2.45) is 5.41 Å². The van der Waals surface area contributed by atoms with Crippen LogP contribution >= 0.6 is 15.9 Å². The molecule has 0 aromatic heterocycles. The molecule has 1 saturated heterocycles. The Morgan fingerprint density at radius 3 is 2.33 bits per heavy atom. The molecule has 2 rings (SSSR count). The van der Waals surface area contributed by atoms with Gasteiger partial charge in [0.15, 0.2) is 0 Å². The van der Waals surface area contributed by atoms with E-state index in [4.69, 9.17) is 0 Å². The lowest BCUT2D eigenvalue weighted by atomic mass is 9.79. The molecule has 1 aliphatic rings. The average molecular weight is 382 g/mol. The van der Waals surface area contributed by atoms with Crippen molar-refractivity contribution in [3.63, 3.8) is 0 Å². The first-order valence-electron chi connectivity index (χ1n) is 6.84. The minimum Gasteiger partial charge on any atom is -0.207 e. The molecule has 0 radical (unpaired) electrons. The summed E-state index contributed by atoms with van der Waals surface area (Å²) in [5.41, 5.74) is 0.130. The van der Waals surface area contributed by atoms with Gasteiger partial charge in [-0.15, -0.1) is 0 Å². The smallest absolute Gasteiger partial charge is 0.207 e. The summed E-state index contributed by atoms with van der Waals surface area (Å²) in [5.74, 6) is -1.87. The minimum absolute atomic E-state index is 0.0798. The standard InChI is InChI=1S/C14H18BrF2NO2S/c1-3-14(2)4-6-18(7-5-14)21(19,20)13-11(15)8-10(16)9-12(13)17/h8-9H,3-7H2,1-2H3. The van der Waals surface area contributed by atoms with Gasteiger partial charge in [0, 0.05) is 23.6 Å². The third kappa shape index (κ3) is 3.29. The molecule has 0 spiro atoms. The normalized spacial score (nSPS) is 19.7. The Morgan fingerprint density at radius 1 is 1.29 bits per heavy atom. The van der Waals surface area contributed by atoms with Crippen molar-refractivity contribution in [1.82, 2.24) is 4.31 Å². The highest BCUT2D eigenvalue weighted by atomic mass is 79.9. The fraction of sp³-hybridized carbons (Fsp3) is 0.571. The maximum atomic E-state index is 13.9. The van der Waals surface area contributed by atoms with Gasteiger partial charge in [-0.25, -0.2) is 17.2 Å². The number of hydrogen-bond donors (Lipinski definition) is 0. The van der Waals surface area contributed by atoms with Crippen LogP contribution in [0.5, 0.6) is 0 Å². The highest BCUT2D eigenvalue weighted by molar-refractivity contribution is 9.10. The predicted octanol–water partition coefficient (Wildman–Crippen LogP) is 3.93. The van der Waals surface area contributed by atoms with Crippen molar-refractivity contribution >= 4 is 26.0 Å². The molecule has 118 valence electrons. The maximum Gasteiger partial charge on any atom is 0.247 e. The fourth-order valence-corrected chi connectivity index (χ4v) is 5.08. The van der Waals surface area contributed by atoms with E-state index < -0.39 is 26.6 Å². The van der Waals surface area contributed by atoms with Gasteiger partial charge in [0.1, 0.15) is 16.5 Å². The van der Waals surface area contributed by atoms with Crippen molar-refractivity contribution in [2.75, 3.05) is 13.1 Å². The lowest BCUT2D eigenvalue weighted by Gasteiger charge is -2.38. The Kier molecular flexibility index (Phi) is 4.75. The van der Waals surface area contributed by atoms with Crippen LogP contribution in [-0.4, -0.2) is 25.8 Å². The molecule has 0 saturated carbocycles. The second kappa shape index (κ2) is 5.93. The van der Waals surface area contributed by atoms with Crippen LogP contribution in [0.3, 0.4) is 0 Å². The van der Waals surface area contributed by atoms with E-state index in [1.807, 2.05) is 0 Å². The van der Waals surface area contributed by atoms with Crippen LogP contribution in [0.25, 0.3) is 0 Å². The zero-order chi connectivity index (χ0) is 15.8. The summed E-state index contributed by atoms with van der Waals surface area (Å²) in [7, 11) is -3.95. The van der Waals surface area contributed by atoms with Gasteiger partial charge in [-0.05, 0) is 40.3 Å². The van der Waals surface area contributed by atoms with Crippen LogP contribution in [0.4, 0.5) is 8.78 Å². The first-order chi connectivity index (χ1) is 9.69. The van der Waals surface area contributed by atoms with E-state index in [9.17, 15) is 17.2 Å². The molecule has 0 N–H and O–H groups in total. The van der Waals surface area contributed by atoms with E-state index in [2.05, 4.69) is 29.8 Å². The van der Waals surface area contributed by atoms with E-state index >= 15 is 0 Å². The lowest BCUT2D eigenvalue weighted by Crippen LogP contribution is -2.42. The molecular weight excluding hydrogens is 364 g/mol. The molecule has 1 aromatic carbocycles. The number of benzene rings is 1. The van der Waals surface area contributed by atoms with Crippen molar-refractivity contribution < 1.29 is 17.2 Å². The van der Waals surface area contributed by atoms with Crippen LogP contribution in [0.15, 0.2) is 21.5 Å². The molecule has 1 heterocycles. The number of rotatable bonds is 3. The second-order valence-corrected chi connectivity index (χ2v) is 8.50. The van der Waals surface area contributed by atoms with Gasteiger partial charge in [0.05, 0.1) is 0 Å². The largest absolute Gasteiger partial charge is 0.247 e. The minimum atomic E-state index is -3.95. The SMILES string of the molecule is CCC1(C)CCN(S(=O)(=O)c2c(F)cc(F)cc2Br)CC1. The van der Waals surface area contributed by atoms with Crippen molar-refractivity contribution in [3.8, 4) is 0 Å². The van der Waals surface area contributed by atoms with Gasteiger partial charge >= 0.3 is 0 Å². The van der Waals surface area contributed by atoms with Gasteiger partial charge in [0.25, 0.3) is 0 Å². The third-order valence-corrected chi connectivity index (χ3v) is 7.21. The van der Waals surface area contributed by atoms with Crippen LogP contribution in [0, 0.1) is 17.0 Å². The van der Waals surface area contributed by atoms with Gasteiger partial charge in [-0.2, -0.15) is 4.31 Å². The Hall–Kier alpha value is -0.530. The quantitative estimate of drug-likeness (QED) is 0.795. The molecule has 0 atom stereocenters. The molecule has 1 aliphatic heterocycles. The van der Waals surface area contributed by atoms with E-state index in [1.165, 1.54) is 4.31 Å². The summed E-state index contributed by atoms with van der Waals surface area (Å²) >= 11 is 2.95. The third-order valence-electron chi connectivity index (χ3n) is 4.34. The molecule has 0 amide bonds. The monoisotopic (exact) mass is 381 g/mol. The van der Waals surface area contributed by atoms with Crippen LogP contribution in [0.1, 0.15) is 33.1 Å². The number of piperidine rings is 1. The maximum absolute atomic E-state index is 13.9. The molecule has 1 fully saturated rings. The van der Waals surface area contributed by atoms with Crippen molar-refractivity contribution in [2.45, 2.75) is 38.0 Å². The zero-order valence-electron chi connectivity index (χ0n) is 12.0. The Morgan fingerprint density at radius 2 is 1.86 bits per heavy atom. The van der Waals surface area contributed by atoms with E-state index in [-0.39, 0.29) is 9.89 Å². The second-order valence-electron chi connectivity index (χ2n) is 5.77. The van der Waals surface area contributed by atoms with Gasteiger partial charge in [0.2, 0.25) is 10.0 Å². The summed E-state index contributed by atoms with van der Waals surface area (Å²) < 4.78 is 53.4. The van der Waals surface area contributed by atoms with E-state index in [0.29, 0.717) is 19.2 Å². The lowest BCUT2D eigenvalue weighted by molar-refractivity contribution is 0.168. The topological polar surface area (TPSA) is 37.4 Å². The molecule has 1 aromatic rings. The van der Waals surface area contributed by atoms with Gasteiger partial charge in [-0.3, -0.25) is 0 Å². The van der Waals surface area contributed by atoms with Crippen LogP contribution < -0.4 is 0 Å². The summed E-state index contributed by atoms with van der Waals surface area (Å²) in [6.07, 6.45) is 2.46. The Balaban J connectivity index is 2.33. The Bertz CT molecular complexity index is 617. The van der Waals surface area contributed by atoms with Crippen LogP contribution in [-0.2, 0) is 10.0 Å². The summed E-state index contributed by atoms with van der Waals surface area (Å²) in [6, 6.07) is 1.56. The number of sulfonamides is 1. The number of halogens is 3. The van der Waals surface area contributed by atoms with Crippen molar-refractivity contribution in [1.29, 1.82) is 0 Å². The summed E-state index contributed by atoms with van der Waals surface area (Å²) in [6.45, 7) is 4.93. The molecule has 0 unspecified atom stereocenters. The first-order valence-corrected chi connectivity index (χ1v) is 9.07. The molecule has 3 nitrogen and oxygen atoms in total. The number of hydrogen-bond acceptors (Lipinski definition) is 2. The highest BCUT2D eigenvalue weighted by Gasteiger charge is 2.36. The highest BCUT2D eigenvalue weighted by Crippen LogP contribution is 2.37. The molecule has 0 aliphatic carbocycles. The molecule has 0 bridgehead atoms.